The maximum Gasteiger partial charge on any atom is 0.299 e. The number of para-hydroxylation sites is 1. The van der Waals surface area contributed by atoms with Crippen LogP contribution in [0.25, 0.3) is 0 Å². The molecule has 144 valence electrons. The number of ketones is 1. The second kappa shape index (κ2) is 8.65. The summed E-state index contributed by atoms with van der Waals surface area (Å²) in [5, 5.41) is 0. The topological polar surface area (TPSA) is 49.7 Å². The van der Waals surface area contributed by atoms with E-state index in [2.05, 4.69) is 20.4 Å². The Morgan fingerprint density at radius 1 is 1.11 bits per heavy atom. The van der Waals surface area contributed by atoms with Gasteiger partial charge < -0.3 is 4.90 Å². The Bertz CT molecular complexity index is 786. The Labute approximate surface area is 169 Å². The van der Waals surface area contributed by atoms with E-state index in [0.29, 0.717) is 12.1 Å². The van der Waals surface area contributed by atoms with Crippen LogP contribution < -0.4 is 4.90 Å². The van der Waals surface area contributed by atoms with E-state index < -0.39 is 0 Å². The van der Waals surface area contributed by atoms with Crippen LogP contribution in [-0.2, 0) is 4.79 Å². The molecular weight excluding hydrogens is 376 g/mol. The summed E-state index contributed by atoms with van der Waals surface area (Å²) in [7, 11) is 0. The highest BCUT2D eigenvalue weighted by atomic mass is 32.2. The quantitative estimate of drug-likeness (QED) is 0.438. The van der Waals surface area contributed by atoms with Crippen LogP contribution >= 0.6 is 23.5 Å². The number of carbonyl (C=O) groups excluding carboxylic acids is 2. The van der Waals surface area contributed by atoms with Crippen molar-refractivity contribution < 1.29 is 9.59 Å². The summed E-state index contributed by atoms with van der Waals surface area (Å²) < 4.78 is 1.14. The molecular formula is C21H26N2O2S2. The second-order valence-electron chi connectivity index (χ2n) is 7.38. The number of anilines is 1. The number of unbranched alkanes of at least 4 members (excludes halogenated alkanes) is 4. The van der Waals surface area contributed by atoms with E-state index in [-0.39, 0.29) is 17.2 Å². The molecule has 0 radical (unpaired) electrons. The van der Waals surface area contributed by atoms with Crippen molar-refractivity contribution in [3.05, 3.63) is 41.3 Å². The van der Waals surface area contributed by atoms with Crippen LogP contribution in [-0.4, -0.2) is 33.9 Å². The average Bonchev–Trinajstić information content (AvgIpc) is 3.04. The number of nitrogens with zero attached hydrogens (tertiary/aromatic N) is 2. The molecule has 0 aliphatic carbocycles. The zero-order valence-corrected chi connectivity index (χ0v) is 17.6. The molecule has 0 aromatic heterocycles. The van der Waals surface area contributed by atoms with E-state index in [9.17, 15) is 9.59 Å². The van der Waals surface area contributed by atoms with Crippen molar-refractivity contribution in [1.29, 1.82) is 0 Å². The van der Waals surface area contributed by atoms with Crippen LogP contribution in [0, 0.1) is 0 Å². The Hall–Kier alpha value is -1.53. The summed E-state index contributed by atoms with van der Waals surface area (Å²) in [5.41, 5.74) is 1.18. The molecule has 6 heteroatoms. The molecule has 0 spiro atoms. The molecule has 2 aliphatic rings. The van der Waals surface area contributed by atoms with Gasteiger partial charge in [0.05, 0.1) is 16.8 Å². The van der Waals surface area contributed by atoms with Crippen LogP contribution in [0.2, 0.25) is 0 Å². The summed E-state index contributed by atoms with van der Waals surface area (Å²) >= 11 is 3.54. The minimum atomic E-state index is -0.382. The number of benzene rings is 1. The van der Waals surface area contributed by atoms with Crippen LogP contribution in [0.4, 0.5) is 5.69 Å². The first-order chi connectivity index (χ1) is 12.9. The summed E-state index contributed by atoms with van der Waals surface area (Å²) in [5.74, 6) is 0.329. The summed E-state index contributed by atoms with van der Waals surface area (Å²) in [6, 6.07) is 7.27. The van der Waals surface area contributed by atoms with Gasteiger partial charge in [-0.3, -0.25) is 14.6 Å². The molecule has 0 fully saturated rings. The van der Waals surface area contributed by atoms with Gasteiger partial charge in [0.25, 0.3) is 11.7 Å². The van der Waals surface area contributed by atoms with Crippen molar-refractivity contribution in [1.82, 2.24) is 0 Å². The fourth-order valence-electron chi connectivity index (χ4n) is 3.14. The molecule has 3 rings (SSSR count). The van der Waals surface area contributed by atoms with Crippen LogP contribution in [0.15, 0.2) is 40.7 Å². The zero-order chi connectivity index (χ0) is 19.4. The number of hydrogen-bond donors (Lipinski definition) is 0. The maximum absolute atomic E-state index is 12.1. The normalized spacial score (nSPS) is 18.2. The molecule has 27 heavy (non-hydrogen) atoms. The average molecular weight is 403 g/mol. The third kappa shape index (κ3) is 4.66. The third-order valence-corrected chi connectivity index (χ3v) is 7.34. The summed E-state index contributed by atoms with van der Waals surface area (Å²) in [6.45, 7) is 8.91. The summed E-state index contributed by atoms with van der Waals surface area (Å²) in [4.78, 5) is 31.6. The van der Waals surface area contributed by atoms with E-state index in [1.165, 1.54) is 12.8 Å². The van der Waals surface area contributed by atoms with Gasteiger partial charge in [0, 0.05) is 17.2 Å². The molecule has 0 saturated carbocycles. The molecule has 4 nitrogen and oxygen atoms in total. The predicted octanol–water partition coefficient (Wildman–Crippen LogP) is 5.29. The fourth-order valence-corrected chi connectivity index (χ4v) is 5.52. The van der Waals surface area contributed by atoms with Crippen molar-refractivity contribution in [3.8, 4) is 0 Å². The van der Waals surface area contributed by atoms with Gasteiger partial charge in [-0.15, -0.1) is 0 Å². The Kier molecular flexibility index (Phi) is 6.48. The minimum Gasteiger partial charge on any atom is -0.305 e. The van der Waals surface area contributed by atoms with Gasteiger partial charge in [-0.1, -0.05) is 61.5 Å². The molecule has 2 aliphatic heterocycles. The lowest BCUT2D eigenvalue weighted by atomic mass is 10.1. The van der Waals surface area contributed by atoms with Gasteiger partial charge in [0.2, 0.25) is 0 Å². The molecule has 0 unspecified atom stereocenters. The van der Waals surface area contributed by atoms with E-state index in [1.54, 1.807) is 28.8 Å². The van der Waals surface area contributed by atoms with Crippen LogP contribution in [0.1, 0.15) is 56.3 Å². The second-order valence-corrected chi connectivity index (χ2v) is 9.81. The fraction of sp³-hybridized carbons (Fsp3) is 0.476. The lowest BCUT2D eigenvalue weighted by Gasteiger charge is -2.16. The Morgan fingerprint density at radius 2 is 1.81 bits per heavy atom. The number of Topliss-reactive ketones (excluding diaryl/α,β-unsaturated/α-hetero) is 1. The van der Waals surface area contributed by atoms with Crippen molar-refractivity contribution in [2.75, 3.05) is 17.2 Å². The van der Waals surface area contributed by atoms with Gasteiger partial charge in [-0.2, -0.15) is 0 Å². The van der Waals surface area contributed by atoms with E-state index in [1.807, 2.05) is 23.9 Å². The highest BCUT2D eigenvalue weighted by Gasteiger charge is 2.34. The van der Waals surface area contributed by atoms with Gasteiger partial charge in [-0.05, 0) is 38.8 Å². The summed E-state index contributed by atoms with van der Waals surface area (Å²) in [6.07, 6.45) is 5.50. The molecule has 2 heterocycles. The number of rotatable bonds is 8. The number of carbonyl (C=O) groups is 2. The van der Waals surface area contributed by atoms with E-state index in [4.69, 9.17) is 4.99 Å². The molecule has 1 aromatic carbocycles. The van der Waals surface area contributed by atoms with Crippen molar-refractivity contribution >= 4 is 45.3 Å². The van der Waals surface area contributed by atoms with Gasteiger partial charge in [0.15, 0.2) is 0 Å². The van der Waals surface area contributed by atoms with E-state index >= 15 is 0 Å². The largest absolute Gasteiger partial charge is 0.305 e. The standard InChI is InChI=1S/C21H26N2O2S2/c1-15-21(2,3)22-20(27-15)26-14-10-6-4-5-9-13-23-17-12-8-7-11-16(17)18(24)19(23)25/h7-8,11-12H,1,4-6,9-10,13-14H2,2-3H3. The lowest BCUT2D eigenvalue weighted by Crippen LogP contribution is -2.30. The number of thioether (sulfide) groups is 2. The highest BCUT2D eigenvalue weighted by molar-refractivity contribution is 8.40. The molecule has 0 N–H and O–H groups in total. The van der Waals surface area contributed by atoms with Crippen molar-refractivity contribution in [2.24, 2.45) is 4.99 Å². The minimum absolute atomic E-state index is 0.125. The predicted molar refractivity (Wildman–Crippen MR) is 117 cm³/mol. The molecule has 0 bridgehead atoms. The van der Waals surface area contributed by atoms with Crippen molar-refractivity contribution in [3.63, 3.8) is 0 Å². The first kappa shape index (κ1) is 20.2. The molecule has 1 aromatic rings. The molecule has 1 amide bonds. The SMILES string of the molecule is C=C1SC(SCCCCCCCN2C(=O)C(=O)c3ccccc32)=NC1(C)C. The van der Waals surface area contributed by atoms with Gasteiger partial charge in [-0.25, -0.2) is 0 Å². The maximum atomic E-state index is 12.1. The Morgan fingerprint density at radius 3 is 2.56 bits per heavy atom. The number of hydrogen-bond acceptors (Lipinski definition) is 5. The van der Waals surface area contributed by atoms with Gasteiger partial charge >= 0.3 is 0 Å². The lowest BCUT2D eigenvalue weighted by molar-refractivity contribution is -0.114. The van der Waals surface area contributed by atoms with Crippen molar-refractivity contribution in [2.45, 2.75) is 51.5 Å². The number of fused-ring (bicyclic) bond motifs is 1. The molecule has 0 atom stereocenters. The smallest absolute Gasteiger partial charge is 0.299 e. The van der Waals surface area contributed by atoms with Crippen LogP contribution in [0.3, 0.4) is 0 Å². The molecule has 0 saturated heterocycles. The first-order valence-corrected chi connectivity index (χ1v) is 11.3. The zero-order valence-electron chi connectivity index (χ0n) is 16.0. The van der Waals surface area contributed by atoms with Gasteiger partial charge in [0.1, 0.15) is 4.38 Å². The Balaban J connectivity index is 1.30. The highest BCUT2D eigenvalue weighted by Crippen LogP contribution is 2.41. The number of aliphatic imine (C=N–C) groups is 1. The number of amides is 1. The monoisotopic (exact) mass is 402 g/mol. The van der Waals surface area contributed by atoms with Crippen LogP contribution in [0.5, 0.6) is 0 Å². The third-order valence-electron chi connectivity index (χ3n) is 4.89. The van der Waals surface area contributed by atoms with E-state index in [0.717, 1.165) is 40.0 Å². The first-order valence-electron chi connectivity index (χ1n) is 9.45.